The Kier molecular flexibility index (Phi) is 3.63. The standard InChI is InChI=1S/C14H11ClFNO/c1-9-2-5-11(6-3-9)17-14(18)10-4-7-13(16)12(15)8-10/h2-8H,1H3,(H,17,18). The Morgan fingerprint density at radius 2 is 1.83 bits per heavy atom. The summed E-state index contributed by atoms with van der Waals surface area (Å²) in [4.78, 5) is 11.9. The molecule has 0 fully saturated rings. The van der Waals surface area contributed by atoms with Gasteiger partial charge in [0.1, 0.15) is 5.82 Å². The number of carbonyl (C=O) groups excluding carboxylic acids is 1. The highest BCUT2D eigenvalue weighted by Gasteiger charge is 2.08. The quantitative estimate of drug-likeness (QED) is 0.870. The summed E-state index contributed by atoms with van der Waals surface area (Å²) in [7, 11) is 0. The summed E-state index contributed by atoms with van der Waals surface area (Å²) in [5.41, 5.74) is 2.12. The maximum atomic E-state index is 13.0. The van der Waals surface area contributed by atoms with Gasteiger partial charge in [-0.05, 0) is 37.3 Å². The number of benzene rings is 2. The maximum absolute atomic E-state index is 13.0. The van der Waals surface area contributed by atoms with E-state index in [4.69, 9.17) is 11.6 Å². The fourth-order valence-electron chi connectivity index (χ4n) is 1.48. The van der Waals surface area contributed by atoms with Crippen LogP contribution in [0.1, 0.15) is 15.9 Å². The van der Waals surface area contributed by atoms with Crippen LogP contribution in [0.5, 0.6) is 0 Å². The second-order valence-corrected chi connectivity index (χ2v) is 4.36. The summed E-state index contributed by atoms with van der Waals surface area (Å²) in [6, 6.07) is 11.3. The van der Waals surface area contributed by atoms with E-state index < -0.39 is 5.82 Å². The van der Waals surface area contributed by atoms with Crippen molar-refractivity contribution in [2.24, 2.45) is 0 Å². The number of aryl methyl sites for hydroxylation is 1. The fourth-order valence-corrected chi connectivity index (χ4v) is 1.66. The van der Waals surface area contributed by atoms with Gasteiger partial charge in [-0.3, -0.25) is 4.79 Å². The monoisotopic (exact) mass is 263 g/mol. The lowest BCUT2D eigenvalue weighted by molar-refractivity contribution is 0.102. The average molecular weight is 264 g/mol. The van der Waals surface area contributed by atoms with Gasteiger partial charge < -0.3 is 5.32 Å². The third-order valence-electron chi connectivity index (χ3n) is 2.49. The van der Waals surface area contributed by atoms with E-state index in [2.05, 4.69) is 5.32 Å². The van der Waals surface area contributed by atoms with Crippen LogP contribution in [0.3, 0.4) is 0 Å². The number of nitrogens with one attached hydrogen (secondary N) is 1. The second-order valence-electron chi connectivity index (χ2n) is 3.95. The molecule has 0 aromatic heterocycles. The number of rotatable bonds is 2. The lowest BCUT2D eigenvalue weighted by atomic mass is 10.2. The van der Waals surface area contributed by atoms with E-state index in [1.165, 1.54) is 18.2 Å². The van der Waals surface area contributed by atoms with Crippen LogP contribution in [0.4, 0.5) is 10.1 Å². The summed E-state index contributed by atoms with van der Waals surface area (Å²) < 4.78 is 13.0. The highest BCUT2D eigenvalue weighted by atomic mass is 35.5. The molecule has 2 nitrogen and oxygen atoms in total. The molecule has 0 heterocycles. The molecule has 0 atom stereocenters. The Labute approximate surface area is 109 Å². The van der Waals surface area contributed by atoms with Crippen molar-refractivity contribution in [2.45, 2.75) is 6.92 Å². The molecule has 0 unspecified atom stereocenters. The van der Waals surface area contributed by atoms with Crippen molar-refractivity contribution in [3.8, 4) is 0 Å². The molecule has 92 valence electrons. The predicted octanol–water partition coefficient (Wildman–Crippen LogP) is 4.04. The minimum atomic E-state index is -0.538. The van der Waals surface area contributed by atoms with Gasteiger partial charge in [0.05, 0.1) is 5.02 Å². The van der Waals surface area contributed by atoms with Gasteiger partial charge in [0, 0.05) is 11.3 Å². The third kappa shape index (κ3) is 2.87. The van der Waals surface area contributed by atoms with Crippen molar-refractivity contribution in [1.29, 1.82) is 0 Å². The molecule has 0 saturated heterocycles. The minimum absolute atomic E-state index is 0.0634. The highest BCUT2D eigenvalue weighted by molar-refractivity contribution is 6.31. The van der Waals surface area contributed by atoms with Gasteiger partial charge in [-0.1, -0.05) is 29.3 Å². The number of carbonyl (C=O) groups is 1. The van der Waals surface area contributed by atoms with E-state index in [-0.39, 0.29) is 10.9 Å². The van der Waals surface area contributed by atoms with Crippen LogP contribution in [-0.2, 0) is 0 Å². The molecule has 1 amide bonds. The summed E-state index contributed by atoms with van der Waals surface area (Å²) in [5.74, 6) is -0.857. The molecule has 4 heteroatoms. The molecule has 0 bridgehead atoms. The second kappa shape index (κ2) is 5.19. The van der Waals surface area contributed by atoms with Crippen LogP contribution in [-0.4, -0.2) is 5.91 Å². The first-order valence-corrected chi connectivity index (χ1v) is 5.77. The zero-order valence-electron chi connectivity index (χ0n) is 9.71. The summed E-state index contributed by atoms with van der Waals surface area (Å²) in [5, 5.41) is 2.65. The SMILES string of the molecule is Cc1ccc(NC(=O)c2ccc(F)c(Cl)c2)cc1. The number of anilines is 1. The molecule has 0 aliphatic rings. The summed E-state index contributed by atoms with van der Waals surface area (Å²) in [6.07, 6.45) is 0. The van der Waals surface area contributed by atoms with Gasteiger partial charge in [0.15, 0.2) is 0 Å². The molecule has 0 aliphatic heterocycles. The lowest BCUT2D eigenvalue weighted by Gasteiger charge is -2.06. The highest BCUT2D eigenvalue weighted by Crippen LogP contribution is 2.17. The van der Waals surface area contributed by atoms with E-state index in [1.54, 1.807) is 12.1 Å². The molecule has 0 radical (unpaired) electrons. The van der Waals surface area contributed by atoms with E-state index in [1.807, 2.05) is 19.1 Å². The Bertz CT molecular complexity index is 581. The number of amides is 1. The molecular formula is C14H11ClFNO. The van der Waals surface area contributed by atoms with Gasteiger partial charge in [-0.2, -0.15) is 0 Å². The number of halogens is 2. The van der Waals surface area contributed by atoms with Crippen LogP contribution < -0.4 is 5.32 Å². The molecule has 0 saturated carbocycles. The zero-order valence-corrected chi connectivity index (χ0v) is 10.5. The van der Waals surface area contributed by atoms with Gasteiger partial charge in [0.25, 0.3) is 5.91 Å². The molecule has 1 N–H and O–H groups in total. The molecule has 0 spiro atoms. The van der Waals surface area contributed by atoms with Crippen LogP contribution in [0.15, 0.2) is 42.5 Å². The topological polar surface area (TPSA) is 29.1 Å². The normalized spacial score (nSPS) is 10.2. The third-order valence-corrected chi connectivity index (χ3v) is 2.78. The molecule has 0 aliphatic carbocycles. The lowest BCUT2D eigenvalue weighted by Crippen LogP contribution is -2.11. The van der Waals surface area contributed by atoms with E-state index in [0.29, 0.717) is 11.3 Å². The Morgan fingerprint density at radius 1 is 1.17 bits per heavy atom. The molecule has 18 heavy (non-hydrogen) atoms. The first-order valence-electron chi connectivity index (χ1n) is 5.39. The fraction of sp³-hybridized carbons (Fsp3) is 0.0714. The van der Waals surface area contributed by atoms with Gasteiger partial charge in [-0.25, -0.2) is 4.39 Å². The van der Waals surface area contributed by atoms with Crippen molar-refractivity contribution in [3.63, 3.8) is 0 Å². The van der Waals surface area contributed by atoms with Crippen LogP contribution >= 0.6 is 11.6 Å². The van der Waals surface area contributed by atoms with Crippen molar-refractivity contribution < 1.29 is 9.18 Å². The van der Waals surface area contributed by atoms with Crippen molar-refractivity contribution >= 4 is 23.2 Å². The van der Waals surface area contributed by atoms with Gasteiger partial charge in [-0.15, -0.1) is 0 Å². The van der Waals surface area contributed by atoms with Crippen LogP contribution in [0.25, 0.3) is 0 Å². The molecule has 2 aromatic rings. The Balaban J connectivity index is 2.16. The molecular weight excluding hydrogens is 253 g/mol. The maximum Gasteiger partial charge on any atom is 0.255 e. The van der Waals surface area contributed by atoms with Crippen LogP contribution in [0, 0.1) is 12.7 Å². The average Bonchev–Trinajstić information content (AvgIpc) is 2.35. The first-order chi connectivity index (χ1) is 8.56. The Morgan fingerprint density at radius 3 is 2.44 bits per heavy atom. The smallest absolute Gasteiger partial charge is 0.255 e. The van der Waals surface area contributed by atoms with Gasteiger partial charge >= 0.3 is 0 Å². The minimum Gasteiger partial charge on any atom is -0.322 e. The van der Waals surface area contributed by atoms with Crippen molar-refractivity contribution in [3.05, 3.63) is 64.4 Å². The van der Waals surface area contributed by atoms with E-state index in [0.717, 1.165) is 5.56 Å². The van der Waals surface area contributed by atoms with E-state index in [9.17, 15) is 9.18 Å². The van der Waals surface area contributed by atoms with E-state index >= 15 is 0 Å². The predicted molar refractivity (Wildman–Crippen MR) is 70.5 cm³/mol. The first kappa shape index (κ1) is 12.6. The van der Waals surface area contributed by atoms with Crippen molar-refractivity contribution in [2.75, 3.05) is 5.32 Å². The largest absolute Gasteiger partial charge is 0.322 e. The molecule has 2 rings (SSSR count). The summed E-state index contributed by atoms with van der Waals surface area (Å²) in [6.45, 7) is 1.96. The summed E-state index contributed by atoms with van der Waals surface area (Å²) >= 11 is 5.63. The molecule has 2 aromatic carbocycles. The zero-order chi connectivity index (χ0) is 13.1. The number of hydrogen-bond donors (Lipinski definition) is 1. The number of hydrogen-bond acceptors (Lipinski definition) is 1. The Hall–Kier alpha value is -1.87. The van der Waals surface area contributed by atoms with Gasteiger partial charge in [0.2, 0.25) is 0 Å². The van der Waals surface area contributed by atoms with Crippen molar-refractivity contribution in [1.82, 2.24) is 0 Å². The van der Waals surface area contributed by atoms with Crippen LogP contribution in [0.2, 0.25) is 5.02 Å².